The first-order valence-corrected chi connectivity index (χ1v) is 7.15. The van der Waals surface area contributed by atoms with E-state index in [9.17, 15) is 19.7 Å². The fourth-order valence-electron chi connectivity index (χ4n) is 2.21. The van der Waals surface area contributed by atoms with Gasteiger partial charge in [-0.05, 0) is 24.5 Å². The van der Waals surface area contributed by atoms with Gasteiger partial charge in [0.1, 0.15) is 6.04 Å². The van der Waals surface area contributed by atoms with Crippen molar-refractivity contribution in [1.82, 2.24) is 5.32 Å². The van der Waals surface area contributed by atoms with Crippen molar-refractivity contribution in [2.75, 3.05) is 14.2 Å². The Morgan fingerprint density at radius 3 is 2.61 bits per heavy atom. The highest BCUT2D eigenvalue weighted by Gasteiger charge is 2.33. The number of hydrogen-bond acceptors (Lipinski definition) is 6. The predicted octanol–water partition coefficient (Wildman–Crippen LogP) is 1.21. The third-order valence-electron chi connectivity index (χ3n) is 3.63. The van der Waals surface area contributed by atoms with Gasteiger partial charge in [0.15, 0.2) is 5.75 Å². The van der Waals surface area contributed by atoms with Gasteiger partial charge >= 0.3 is 11.7 Å². The first-order chi connectivity index (χ1) is 11.0. The molecule has 1 amide bonds. The molecule has 0 saturated heterocycles. The van der Waals surface area contributed by atoms with Gasteiger partial charge in [0.05, 0.1) is 19.1 Å². The summed E-state index contributed by atoms with van der Waals surface area (Å²) in [5.41, 5.74) is 0.339. The number of ether oxygens (including phenoxy) is 2. The summed E-state index contributed by atoms with van der Waals surface area (Å²) < 4.78 is 9.63. The number of carbonyl (C=O) groups is 2. The molecule has 0 spiro atoms. The molecule has 1 aliphatic carbocycles. The number of esters is 1. The Labute approximate surface area is 132 Å². The molecule has 2 rings (SSSR count). The van der Waals surface area contributed by atoms with Crippen molar-refractivity contribution in [3.63, 3.8) is 0 Å². The Bertz CT molecular complexity index is 626. The summed E-state index contributed by atoms with van der Waals surface area (Å²) in [4.78, 5) is 34.2. The van der Waals surface area contributed by atoms with Gasteiger partial charge in [-0.25, -0.2) is 4.79 Å². The van der Waals surface area contributed by atoms with Gasteiger partial charge in [0.2, 0.25) is 5.91 Å². The number of rotatable bonds is 7. The van der Waals surface area contributed by atoms with Crippen LogP contribution in [-0.2, 0) is 20.7 Å². The SMILES string of the molecule is COC(=O)[C@@H](Cc1ccc(OC)c([N+](=O)[O-])c1)NC(=O)C1CC1. The molecule has 1 fully saturated rings. The highest BCUT2D eigenvalue weighted by atomic mass is 16.6. The molecule has 0 aliphatic heterocycles. The van der Waals surface area contributed by atoms with Crippen LogP contribution in [0.5, 0.6) is 5.75 Å². The van der Waals surface area contributed by atoms with Gasteiger partial charge in [-0.3, -0.25) is 14.9 Å². The second-order valence-corrected chi connectivity index (χ2v) is 5.33. The van der Waals surface area contributed by atoms with Crippen LogP contribution in [0.4, 0.5) is 5.69 Å². The number of nitrogens with zero attached hydrogens (tertiary/aromatic N) is 1. The van der Waals surface area contributed by atoms with Crippen LogP contribution >= 0.6 is 0 Å². The lowest BCUT2D eigenvalue weighted by molar-refractivity contribution is -0.385. The number of nitro groups is 1. The van der Waals surface area contributed by atoms with E-state index < -0.39 is 16.9 Å². The maximum Gasteiger partial charge on any atom is 0.328 e. The molecule has 1 saturated carbocycles. The maximum atomic E-state index is 11.9. The topological polar surface area (TPSA) is 108 Å². The Kier molecular flexibility index (Phi) is 5.15. The average molecular weight is 322 g/mol. The van der Waals surface area contributed by atoms with Gasteiger partial charge < -0.3 is 14.8 Å². The van der Waals surface area contributed by atoms with Gasteiger partial charge in [-0.1, -0.05) is 6.07 Å². The maximum absolute atomic E-state index is 11.9. The van der Waals surface area contributed by atoms with Gasteiger partial charge in [-0.2, -0.15) is 0 Å². The first-order valence-electron chi connectivity index (χ1n) is 7.15. The molecule has 1 aromatic rings. The minimum Gasteiger partial charge on any atom is -0.490 e. The molecule has 124 valence electrons. The second-order valence-electron chi connectivity index (χ2n) is 5.33. The fourth-order valence-corrected chi connectivity index (χ4v) is 2.21. The molecule has 0 heterocycles. The van der Waals surface area contributed by atoms with E-state index in [-0.39, 0.29) is 29.7 Å². The third-order valence-corrected chi connectivity index (χ3v) is 3.63. The van der Waals surface area contributed by atoms with E-state index in [1.807, 2.05) is 0 Å². The number of methoxy groups -OCH3 is 2. The number of amides is 1. The second kappa shape index (κ2) is 7.08. The monoisotopic (exact) mass is 322 g/mol. The van der Waals surface area contributed by atoms with Gasteiger partial charge in [0, 0.05) is 18.4 Å². The van der Waals surface area contributed by atoms with Gasteiger partial charge in [-0.15, -0.1) is 0 Å². The van der Waals surface area contributed by atoms with Crippen LogP contribution in [-0.4, -0.2) is 37.1 Å². The molecule has 1 aromatic carbocycles. The van der Waals surface area contributed by atoms with Crippen molar-refractivity contribution in [1.29, 1.82) is 0 Å². The van der Waals surface area contributed by atoms with E-state index in [4.69, 9.17) is 9.47 Å². The molecule has 8 heteroatoms. The van der Waals surface area contributed by atoms with Crippen LogP contribution in [0, 0.1) is 16.0 Å². The van der Waals surface area contributed by atoms with E-state index >= 15 is 0 Å². The highest BCUT2D eigenvalue weighted by molar-refractivity contribution is 5.87. The molecule has 1 atom stereocenters. The molecular formula is C15H18N2O6. The first kappa shape index (κ1) is 16.7. The minimum atomic E-state index is -0.874. The summed E-state index contributed by atoms with van der Waals surface area (Å²) in [6, 6.07) is 3.54. The molecule has 0 unspecified atom stereocenters. The van der Waals surface area contributed by atoms with E-state index in [1.54, 1.807) is 6.07 Å². The zero-order valence-corrected chi connectivity index (χ0v) is 12.9. The molecule has 1 aliphatic rings. The lowest BCUT2D eigenvalue weighted by atomic mass is 10.0. The summed E-state index contributed by atoms with van der Waals surface area (Å²) in [5.74, 6) is -0.691. The number of benzene rings is 1. The van der Waals surface area contributed by atoms with Crippen LogP contribution in [0.15, 0.2) is 18.2 Å². The van der Waals surface area contributed by atoms with E-state index in [0.717, 1.165) is 12.8 Å². The minimum absolute atomic E-state index is 0.0487. The van der Waals surface area contributed by atoms with Crippen molar-refractivity contribution >= 4 is 17.6 Å². The third kappa shape index (κ3) is 4.18. The summed E-state index contributed by atoms with van der Waals surface area (Å²) in [6.45, 7) is 0. The van der Waals surface area contributed by atoms with Crippen LogP contribution in [0.3, 0.4) is 0 Å². The molecule has 0 radical (unpaired) electrons. The van der Waals surface area contributed by atoms with Crippen molar-refractivity contribution in [3.8, 4) is 5.75 Å². The van der Waals surface area contributed by atoms with Crippen LogP contribution in [0.1, 0.15) is 18.4 Å². The van der Waals surface area contributed by atoms with Gasteiger partial charge in [0.25, 0.3) is 0 Å². The Morgan fingerprint density at radius 2 is 2.09 bits per heavy atom. The average Bonchev–Trinajstić information content (AvgIpc) is 3.38. The van der Waals surface area contributed by atoms with Crippen LogP contribution in [0.2, 0.25) is 0 Å². The highest BCUT2D eigenvalue weighted by Crippen LogP contribution is 2.30. The number of nitro benzene ring substituents is 1. The molecule has 1 N–H and O–H groups in total. The van der Waals surface area contributed by atoms with Crippen molar-refractivity contribution in [2.24, 2.45) is 5.92 Å². The van der Waals surface area contributed by atoms with Crippen molar-refractivity contribution < 1.29 is 24.0 Å². The number of hydrogen-bond donors (Lipinski definition) is 1. The zero-order valence-electron chi connectivity index (χ0n) is 12.9. The molecule has 23 heavy (non-hydrogen) atoms. The Morgan fingerprint density at radius 1 is 1.39 bits per heavy atom. The lowest BCUT2D eigenvalue weighted by Crippen LogP contribution is -2.43. The van der Waals surface area contributed by atoms with Crippen molar-refractivity contribution in [3.05, 3.63) is 33.9 Å². The predicted molar refractivity (Wildman–Crippen MR) is 80.0 cm³/mol. The largest absolute Gasteiger partial charge is 0.490 e. The van der Waals surface area contributed by atoms with Crippen LogP contribution < -0.4 is 10.1 Å². The Balaban J connectivity index is 2.17. The molecular weight excluding hydrogens is 304 g/mol. The van der Waals surface area contributed by atoms with E-state index in [1.165, 1.54) is 26.4 Å². The zero-order chi connectivity index (χ0) is 17.0. The number of carbonyl (C=O) groups excluding carboxylic acids is 2. The summed E-state index contributed by atoms with van der Waals surface area (Å²) in [7, 11) is 2.57. The number of nitrogens with one attached hydrogen (secondary N) is 1. The molecule has 8 nitrogen and oxygen atoms in total. The normalized spacial score (nSPS) is 14.7. The van der Waals surface area contributed by atoms with E-state index in [2.05, 4.69) is 5.32 Å². The Hall–Kier alpha value is -2.64. The summed E-state index contributed by atoms with van der Waals surface area (Å²) in [6.07, 6.45) is 1.73. The lowest BCUT2D eigenvalue weighted by Gasteiger charge is -2.16. The fraction of sp³-hybridized carbons (Fsp3) is 0.467. The van der Waals surface area contributed by atoms with Crippen molar-refractivity contribution in [2.45, 2.75) is 25.3 Å². The smallest absolute Gasteiger partial charge is 0.328 e. The van der Waals surface area contributed by atoms with Crippen LogP contribution in [0.25, 0.3) is 0 Å². The quantitative estimate of drug-likeness (QED) is 0.459. The standard InChI is InChI=1S/C15H18N2O6/c1-22-13-6-3-9(8-12(13)17(20)21)7-11(15(19)23-2)16-14(18)10-4-5-10/h3,6,8,10-11H,4-5,7H2,1-2H3,(H,16,18)/t11-/m1/s1. The summed E-state index contributed by atoms with van der Waals surface area (Å²) in [5, 5.41) is 13.7. The molecule has 0 bridgehead atoms. The summed E-state index contributed by atoms with van der Waals surface area (Å²) >= 11 is 0. The molecule has 0 aromatic heterocycles. The van der Waals surface area contributed by atoms with E-state index in [0.29, 0.717) is 5.56 Å².